The van der Waals surface area contributed by atoms with Crippen LogP contribution in [0.25, 0.3) is 0 Å². The standard InChI is InChI=1S/C11H16ClNO/c1-7-6-9(4-5-13-3)8(2)10(12)11(7)14/h6,13-14H,4-5H2,1-3H3. The number of phenolic OH excluding ortho intramolecular Hbond substituents is 1. The van der Waals surface area contributed by atoms with E-state index in [1.807, 2.05) is 27.0 Å². The zero-order valence-electron chi connectivity index (χ0n) is 8.82. The minimum Gasteiger partial charge on any atom is -0.506 e. The summed E-state index contributed by atoms with van der Waals surface area (Å²) in [6, 6.07) is 1.99. The second-order valence-electron chi connectivity index (χ2n) is 3.49. The molecule has 78 valence electrons. The van der Waals surface area contributed by atoms with Crippen LogP contribution in [-0.2, 0) is 6.42 Å². The summed E-state index contributed by atoms with van der Waals surface area (Å²) in [7, 11) is 1.92. The van der Waals surface area contributed by atoms with Gasteiger partial charge in [0.15, 0.2) is 0 Å². The third kappa shape index (κ3) is 2.20. The van der Waals surface area contributed by atoms with Crippen LogP contribution in [-0.4, -0.2) is 18.7 Å². The van der Waals surface area contributed by atoms with Gasteiger partial charge < -0.3 is 10.4 Å². The molecule has 0 aliphatic rings. The lowest BCUT2D eigenvalue weighted by molar-refractivity contribution is 0.470. The quantitative estimate of drug-likeness (QED) is 0.809. The molecule has 0 aromatic heterocycles. The molecule has 0 aliphatic carbocycles. The van der Waals surface area contributed by atoms with Crippen LogP contribution in [0.5, 0.6) is 5.75 Å². The Labute approximate surface area is 89.9 Å². The Morgan fingerprint density at radius 1 is 1.43 bits per heavy atom. The van der Waals surface area contributed by atoms with Crippen molar-refractivity contribution in [3.8, 4) is 5.75 Å². The molecule has 14 heavy (non-hydrogen) atoms. The first-order chi connectivity index (χ1) is 6.57. The molecule has 0 saturated carbocycles. The molecule has 0 heterocycles. The highest BCUT2D eigenvalue weighted by Gasteiger charge is 2.09. The van der Waals surface area contributed by atoms with Gasteiger partial charge in [0.25, 0.3) is 0 Å². The molecule has 0 spiro atoms. The van der Waals surface area contributed by atoms with Crippen molar-refractivity contribution >= 4 is 11.6 Å². The Bertz CT molecular complexity index is 337. The minimum absolute atomic E-state index is 0.206. The highest BCUT2D eigenvalue weighted by atomic mass is 35.5. The lowest BCUT2D eigenvalue weighted by Crippen LogP contribution is -2.11. The van der Waals surface area contributed by atoms with E-state index in [0.717, 1.165) is 24.1 Å². The summed E-state index contributed by atoms with van der Waals surface area (Å²) in [5.74, 6) is 0.206. The third-order valence-electron chi connectivity index (χ3n) is 2.43. The van der Waals surface area contributed by atoms with Crippen molar-refractivity contribution in [2.24, 2.45) is 0 Å². The molecule has 2 N–H and O–H groups in total. The van der Waals surface area contributed by atoms with Gasteiger partial charge in [0.05, 0.1) is 5.02 Å². The maximum atomic E-state index is 9.59. The van der Waals surface area contributed by atoms with Gasteiger partial charge in [0.1, 0.15) is 5.75 Å². The van der Waals surface area contributed by atoms with E-state index in [1.165, 1.54) is 5.56 Å². The number of benzene rings is 1. The first kappa shape index (κ1) is 11.3. The number of nitrogens with one attached hydrogen (secondary N) is 1. The van der Waals surface area contributed by atoms with Gasteiger partial charge in [-0.3, -0.25) is 0 Å². The van der Waals surface area contributed by atoms with Gasteiger partial charge in [-0.15, -0.1) is 0 Å². The number of likely N-dealkylation sites (N-methyl/N-ethyl adjacent to an activating group) is 1. The normalized spacial score (nSPS) is 10.6. The van der Waals surface area contributed by atoms with Gasteiger partial charge in [-0.1, -0.05) is 17.7 Å². The van der Waals surface area contributed by atoms with Gasteiger partial charge >= 0.3 is 0 Å². The Morgan fingerprint density at radius 3 is 2.64 bits per heavy atom. The number of hydrogen-bond acceptors (Lipinski definition) is 2. The summed E-state index contributed by atoms with van der Waals surface area (Å²) in [5, 5.41) is 13.2. The fraction of sp³-hybridized carbons (Fsp3) is 0.455. The number of aryl methyl sites for hydroxylation is 1. The molecule has 0 saturated heterocycles. The van der Waals surface area contributed by atoms with Crippen LogP contribution in [0.1, 0.15) is 16.7 Å². The van der Waals surface area contributed by atoms with Crippen LogP contribution in [0, 0.1) is 13.8 Å². The summed E-state index contributed by atoms with van der Waals surface area (Å²) in [5.41, 5.74) is 3.01. The minimum atomic E-state index is 0.206. The smallest absolute Gasteiger partial charge is 0.137 e. The summed E-state index contributed by atoms with van der Waals surface area (Å²) in [4.78, 5) is 0. The van der Waals surface area contributed by atoms with Crippen molar-refractivity contribution in [3.05, 3.63) is 27.8 Å². The molecular formula is C11H16ClNO. The second-order valence-corrected chi connectivity index (χ2v) is 3.87. The molecular weight excluding hydrogens is 198 g/mol. The monoisotopic (exact) mass is 213 g/mol. The zero-order valence-corrected chi connectivity index (χ0v) is 9.57. The zero-order chi connectivity index (χ0) is 10.7. The van der Waals surface area contributed by atoms with Crippen molar-refractivity contribution < 1.29 is 5.11 Å². The van der Waals surface area contributed by atoms with Crippen molar-refractivity contribution in [1.29, 1.82) is 0 Å². The largest absolute Gasteiger partial charge is 0.506 e. The molecule has 1 rings (SSSR count). The molecule has 0 atom stereocenters. The lowest BCUT2D eigenvalue weighted by atomic mass is 10.0. The number of hydrogen-bond donors (Lipinski definition) is 2. The lowest BCUT2D eigenvalue weighted by Gasteiger charge is -2.11. The molecule has 0 aliphatic heterocycles. The van der Waals surface area contributed by atoms with Crippen LogP contribution >= 0.6 is 11.6 Å². The Kier molecular flexibility index (Phi) is 3.78. The van der Waals surface area contributed by atoms with Crippen LogP contribution < -0.4 is 5.32 Å². The van der Waals surface area contributed by atoms with E-state index in [4.69, 9.17) is 11.6 Å². The van der Waals surface area contributed by atoms with E-state index in [-0.39, 0.29) is 5.75 Å². The molecule has 0 amide bonds. The molecule has 0 unspecified atom stereocenters. The van der Waals surface area contributed by atoms with Gasteiger partial charge in [-0.05, 0) is 50.6 Å². The van der Waals surface area contributed by atoms with E-state index in [0.29, 0.717) is 5.02 Å². The third-order valence-corrected chi connectivity index (χ3v) is 2.89. The second kappa shape index (κ2) is 4.67. The van der Waals surface area contributed by atoms with E-state index >= 15 is 0 Å². The summed E-state index contributed by atoms with van der Waals surface area (Å²) in [6.07, 6.45) is 0.934. The van der Waals surface area contributed by atoms with E-state index in [2.05, 4.69) is 5.32 Å². The molecule has 2 nitrogen and oxygen atoms in total. The molecule has 1 aromatic carbocycles. The fourth-order valence-corrected chi connectivity index (χ4v) is 1.72. The maximum absolute atomic E-state index is 9.59. The van der Waals surface area contributed by atoms with Crippen LogP contribution in [0.15, 0.2) is 6.07 Å². The highest BCUT2D eigenvalue weighted by molar-refractivity contribution is 6.33. The average molecular weight is 214 g/mol. The van der Waals surface area contributed by atoms with Crippen molar-refractivity contribution in [2.75, 3.05) is 13.6 Å². The highest BCUT2D eigenvalue weighted by Crippen LogP contribution is 2.32. The number of phenols is 1. The number of halogens is 1. The van der Waals surface area contributed by atoms with Crippen LogP contribution in [0.4, 0.5) is 0 Å². The Morgan fingerprint density at radius 2 is 2.07 bits per heavy atom. The topological polar surface area (TPSA) is 32.3 Å². The predicted octanol–water partition coefficient (Wildman–Crippen LogP) is 2.42. The summed E-state index contributed by atoms with van der Waals surface area (Å²) < 4.78 is 0. The molecule has 0 radical (unpaired) electrons. The van der Waals surface area contributed by atoms with Crippen LogP contribution in [0.2, 0.25) is 5.02 Å². The Hall–Kier alpha value is -0.730. The Balaban J connectivity index is 3.06. The summed E-state index contributed by atoms with van der Waals surface area (Å²) >= 11 is 6.00. The summed E-state index contributed by atoms with van der Waals surface area (Å²) in [6.45, 7) is 4.72. The van der Waals surface area contributed by atoms with Gasteiger partial charge in [-0.2, -0.15) is 0 Å². The maximum Gasteiger partial charge on any atom is 0.137 e. The first-order valence-corrected chi connectivity index (χ1v) is 5.08. The predicted molar refractivity (Wildman–Crippen MR) is 60.2 cm³/mol. The molecule has 0 fully saturated rings. The van der Waals surface area contributed by atoms with E-state index in [1.54, 1.807) is 0 Å². The first-order valence-electron chi connectivity index (χ1n) is 4.70. The fourth-order valence-electron chi connectivity index (χ4n) is 1.45. The van der Waals surface area contributed by atoms with Crippen molar-refractivity contribution in [1.82, 2.24) is 5.32 Å². The van der Waals surface area contributed by atoms with Gasteiger partial charge in [-0.25, -0.2) is 0 Å². The van der Waals surface area contributed by atoms with E-state index < -0.39 is 0 Å². The molecule has 3 heteroatoms. The molecule has 0 bridgehead atoms. The number of rotatable bonds is 3. The van der Waals surface area contributed by atoms with Gasteiger partial charge in [0.2, 0.25) is 0 Å². The van der Waals surface area contributed by atoms with Crippen molar-refractivity contribution in [2.45, 2.75) is 20.3 Å². The van der Waals surface area contributed by atoms with E-state index in [9.17, 15) is 5.11 Å². The van der Waals surface area contributed by atoms with Crippen molar-refractivity contribution in [3.63, 3.8) is 0 Å². The SMILES string of the molecule is CNCCc1cc(C)c(O)c(Cl)c1C. The van der Waals surface area contributed by atoms with Crippen LogP contribution in [0.3, 0.4) is 0 Å². The average Bonchev–Trinajstić information content (AvgIpc) is 2.18. The number of aromatic hydroxyl groups is 1. The molecule has 1 aromatic rings. The van der Waals surface area contributed by atoms with Gasteiger partial charge in [0, 0.05) is 0 Å².